The Morgan fingerprint density at radius 3 is 2.48 bits per heavy atom. The third-order valence-electron chi connectivity index (χ3n) is 5.75. The molecule has 1 saturated heterocycles. The van der Waals surface area contributed by atoms with Gasteiger partial charge >= 0.3 is 0 Å². The van der Waals surface area contributed by atoms with Crippen LogP contribution in [0.1, 0.15) is 43.4 Å². The zero-order valence-corrected chi connectivity index (χ0v) is 21.3. The number of benzene rings is 2. The highest BCUT2D eigenvalue weighted by molar-refractivity contribution is 14.0. The summed E-state index contributed by atoms with van der Waals surface area (Å²) in [6, 6.07) is 20.1. The molecule has 6 heteroatoms. The number of methoxy groups -OCH3 is 1. The Bertz CT molecular complexity index is 799. The van der Waals surface area contributed by atoms with Gasteiger partial charge in [-0.3, -0.25) is 4.90 Å². The minimum absolute atomic E-state index is 0. The van der Waals surface area contributed by atoms with E-state index in [1.165, 1.54) is 16.7 Å². The summed E-state index contributed by atoms with van der Waals surface area (Å²) >= 11 is 0. The van der Waals surface area contributed by atoms with Crippen LogP contribution in [0.4, 0.5) is 0 Å². The van der Waals surface area contributed by atoms with Crippen molar-refractivity contribution in [2.45, 2.75) is 58.5 Å². The van der Waals surface area contributed by atoms with Crippen LogP contribution in [0.5, 0.6) is 0 Å². The molecule has 5 nitrogen and oxygen atoms in total. The summed E-state index contributed by atoms with van der Waals surface area (Å²) in [5.74, 6) is 0.901. The zero-order valence-electron chi connectivity index (χ0n) is 19.0. The van der Waals surface area contributed by atoms with Crippen molar-refractivity contribution in [2.24, 2.45) is 4.99 Å². The molecule has 31 heavy (non-hydrogen) atoms. The van der Waals surface area contributed by atoms with E-state index in [4.69, 9.17) is 9.73 Å². The molecule has 0 spiro atoms. The highest BCUT2D eigenvalue weighted by Gasteiger charge is 2.26. The quantitative estimate of drug-likeness (QED) is 0.295. The van der Waals surface area contributed by atoms with Crippen LogP contribution < -0.4 is 10.6 Å². The summed E-state index contributed by atoms with van der Waals surface area (Å²) < 4.78 is 5.32. The highest BCUT2D eigenvalue weighted by atomic mass is 127. The van der Waals surface area contributed by atoms with E-state index < -0.39 is 0 Å². The Morgan fingerprint density at radius 1 is 1.10 bits per heavy atom. The minimum atomic E-state index is 0. The molecule has 0 bridgehead atoms. The van der Waals surface area contributed by atoms with Gasteiger partial charge in [0.1, 0.15) is 0 Å². The number of hydrogen-bond acceptors (Lipinski definition) is 3. The molecule has 2 aromatic carbocycles. The van der Waals surface area contributed by atoms with Crippen molar-refractivity contribution in [3.63, 3.8) is 0 Å². The van der Waals surface area contributed by atoms with Crippen molar-refractivity contribution in [2.75, 3.05) is 20.2 Å². The Hall–Kier alpha value is -1.64. The van der Waals surface area contributed by atoms with Crippen molar-refractivity contribution >= 4 is 29.9 Å². The Balaban J connectivity index is 0.00000341. The van der Waals surface area contributed by atoms with Crippen molar-refractivity contribution in [1.82, 2.24) is 15.5 Å². The number of rotatable bonds is 8. The second kappa shape index (κ2) is 13.7. The van der Waals surface area contributed by atoms with Gasteiger partial charge in [0.15, 0.2) is 5.96 Å². The second-order valence-corrected chi connectivity index (χ2v) is 8.07. The van der Waals surface area contributed by atoms with Gasteiger partial charge < -0.3 is 15.4 Å². The van der Waals surface area contributed by atoms with Crippen LogP contribution in [0, 0.1) is 0 Å². The van der Waals surface area contributed by atoms with Crippen LogP contribution >= 0.6 is 24.0 Å². The summed E-state index contributed by atoms with van der Waals surface area (Å²) in [7, 11) is 1.73. The lowest BCUT2D eigenvalue weighted by Gasteiger charge is -2.38. The van der Waals surface area contributed by atoms with Crippen molar-refractivity contribution < 1.29 is 4.74 Å². The average Bonchev–Trinajstić information content (AvgIpc) is 2.76. The van der Waals surface area contributed by atoms with Crippen LogP contribution in [0.15, 0.2) is 59.6 Å². The lowest BCUT2D eigenvalue weighted by atomic mass is 9.97. The van der Waals surface area contributed by atoms with Crippen molar-refractivity contribution in [1.29, 1.82) is 0 Å². The van der Waals surface area contributed by atoms with E-state index in [-0.39, 0.29) is 24.0 Å². The topological polar surface area (TPSA) is 48.9 Å². The summed E-state index contributed by atoms with van der Waals surface area (Å²) in [5.41, 5.74) is 3.80. The molecule has 3 rings (SSSR count). The van der Waals surface area contributed by atoms with E-state index >= 15 is 0 Å². The molecule has 1 aliphatic heterocycles. The van der Waals surface area contributed by atoms with Crippen LogP contribution in [0.25, 0.3) is 0 Å². The fourth-order valence-corrected chi connectivity index (χ4v) is 4.09. The second-order valence-electron chi connectivity index (χ2n) is 8.07. The summed E-state index contributed by atoms with van der Waals surface area (Å²) in [5, 5.41) is 7.09. The van der Waals surface area contributed by atoms with Crippen LogP contribution in [0.3, 0.4) is 0 Å². The molecule has 0 aliphatic carbocycles. The first kappa shape index (κ1) is 25.6. The predicted octanol–water partition coefficient (Wildman–Crippen LogP) is 4.56. The summed E-state index contributed by atoms with van der Waals surface area (Å²) in [4.78, 5) is 7.44. The molecule has 2 N–H and O–H groups in total. The maximum Gasteiger partial charge on any atom is 0.191 e. The molecule has 0 amide bonds. The van der Waals surface area contributed by atoms with Gasteiger partial charge in [0.2, 0.25) is 0 Å². The molecule has 1 heterocycles. The van der Waals surface area contributed by atoms with Crippen LogP contribution in [-0.2, 0) is 24.4 Å². The maximum atomic E-state index is 5.32. The van der Waals surface area contributed by atoms with Crippen molar-refractivity contribution in [3.8, 4) is 0 Å². The number of aliphatic imine (C=N–C) groups is 1. The standard InChI is InChI=1S/C25H36N4O.HI/c1-4-26-25(27-17-22-12-8-9-13-23(22)19-30-3)28-24-14-15-29(20(2)16-24)18-21-10-6-5-7-11-21;/h5-13,20,24H,4,14-19H2,1-3H3,(H2,26,27,28);1H. The van der Waals surface area contributed by atoms with Crippen LogP contribution in [-0.4, -0.2) is 43.1 Å². The number of likely N-dealkylation sites (tertiary alicyclic amines) is 1. The normalized spacial score (nSPS) is 19.5. The SMILES string of the molecule is CCNC(=NCc1ccccc1COC)NC1CCN(Cc2ccccc2)C(C)C1.I. The molecule has 2 unspecified atom stereocenters. The molecule has 1 fully saturated rings. The molecule has 170 valence electrons. The molecular weight excluding hydrogens is 499 g/mol. The smallest absolute Gasteiger partial charge is 0.191 e. The van der Waals surface area contributed by atoms with E-state index in [0.717, 1.165) is 38.4 Å². The zero-order chi connectivity index (χ0) is 21.2. The highest BCUT2D eigenvalue weighted by Crippen LogP contribution is 2.20. The Morgan fingerprint density at radius 2 is 1.81 bits per heavy atom. The largest absolute Gasteiger partial charge is 0.380 e. The maximum absolute atomic E-state index is 5.32. The Labute approximate surface area is 204 Å². The number of nitrogens with one attached hydrogen (secondary N) is 2. The first-order chi connectivity index (χ1) is 14.7. The molecule has 0 radical (unpaired) electrons. The number of hydrogen-bond donors (Lipinski definition) is 2. The molecule has 2 atom stereocenters. The van der Waals surface area contributed by atoms with Gasteiger partial charge in [0.05, 0.1) is 13.2 Å². The fourth-order valence-electron chi connectivity index (χ4n) is 4.09. The van der Waals surface area contributed by atoms with E-state index in [9.17, 15) is 0 Å². The molecule has 0 saturated carbocycles. The minimum Gasteiger partial charge on any atom is -0.380 e. The fraction of sp³-hybridized carbons (Fsp3) is 0.480. The lowest BCUT2D eigenvalue weighted by molar-refractivity contribution is 0.134. The van der Waals surface area contributed by atoms with Gasteiger partial charge in [-0.2, -0.15) is 0 Å². The number of piperidine rings is 1. The van der Waals surface area contributed by atoms with Crippen molar-refractivity contribution in [3.05, 3.63) is 71.3 Å². The number of guanidine groups is 1. The van der Waals surface area contributed by atoms with Crippen LogP contribution in [0.2, 0.25) is 0 Å². The first-order valence-electron chi connectivity index (χ1n) is 11.1. The Kier molecular flexibility index (Phi) is 11.3. The molecular formula is C25H37IN4O. The first-order valence-corrected chi connectivity index (χ1v) is 11.1. The number of ether oxygens (including phenoxy) is 1. The van der Waals surface area contributed by atoms with E-state index in [0.29, 0.717) is 25.2 Å². The lowest BCUT2D eigenvalue weighted by Crippen LogP contribution is -2.51. The van der Waals surface area contributed by atoms with Gasteiger partial charge in [0.25, 0.3) is 0 Å². The monoisotopic (exact) mass is 536 g/mol. The third kappa shape index (κ3) is 8.09. The van der Waals surface area contributed by atoms with E-state index in [1.54, 1.807) is 7.11 Å². The third-order valence-corrected chi connectivity index (χ3v) is 5.75. The summed E-state index contributed by atoms with van der Waals surface area (Å²) in [6.07, 6.45) is 2.25. The number of nitrogens with zero attached hydrogens (tertiary/aromatic N) is 2. The molecule has 0 aromatic heterocycles. The van der Waals surface area contributed by atoms with Gasteiger partial charge in [-0.15, -0.1) is 24.0 Å². The van der Waals surface area contributed by atoms with Gasteiger partial charge in [-0.25, -0.2) is 4.99 Å². The molecule has 1 aliphatic rings. The molecule has 2 aromatic rings. The summed E-state index contributed by atoms with van der Waals surface area (Å²) in [6.45, 7) is 8.70. The van der Waals surface area contributed by atoms with E-state index in [1.807, 2.05) is 0 Å². The number of halogens is 1. The van der Waals surface area contributed by atoms with Gasteiger partial charge in [-0.05, 0) is 43.4 Å². The van der Waals surface area contributed by atoms with Gasteiger partial charge in [0, 0.05) is 38.8 Å². The average molecular weight is 537 g/mol. The predicted molar refractivity (Wildman–Crippen MR) is 140 cm³/mol. The van der Waals surface area contributed by atoms with E-state index in [2.05, 4.69) is 84.0 Å². The van der Waals surface area contributed by atoms with Gasteiger partial charge in [-0.1, -0.05) is 54.6 Å².